The SMILES string of the molecule is O=C1NCc2c1c1c3ccccc3n3c1c1c2c2ccccc2n1CC(O)(COC(=O)N1CCc2ccccc2C1)C3. The van der Waals surface area contributed by atoms with Crippen LogP contribution in [0.5, 0.6) is 0 Å². The van der Waals surface area contributed by atoms with E-state index in [-0.39, 0.29) is 25.6 Å². The third kappa shape index (κ3) is 3.15. The van der Waals surface area contributed by atoms with Gasteiger partial charge in [0, 0.05) is 52.2 Å². The van der Waals surface area contributed by atoms with Crippen molar-refractivity contribution < 1.29 is 19.4 Å². The summed E-state index contributed by atoms with van der Waals surface area (Å²) in [6, 6.07) is 24.4. The van der Waals surface area contributed by atoms with Crippen molar-refractivity contribution in [3.8, 4) is 0 Å². The number of aromatic nitrogens is 2. The number of fused-ring (bicyclic) bond motifs is 10. The predicted octanol–water partition coefficient (Wildman–Crippen LogP) is 5.09. The van der Waals surface area contributed by atoms with Crippen LogP contribution in [-0.2, 0) is 37.3 Å². The standard InChI is InChI=1S/C34H28N4O4/c39-32-29-24(15-35-32)27-22-9-3-5-11-25(22)37-17-34(41,18-38-26-12-6-4-10-23(26)28(29)31(38)30(27)37)19-42-33(40)36-14-13-20-7-1-2-8-21(20)16-36/h1-12,41H,13-19H2,(H,35,39). The summed E-state index contributed by atoms with van der Waals surface area (Å²) >= 11 is 0. The number of rotatable bonds is 2. The van der Waals surface area contributed by atoms with E-state index >= 15 is 0 Å². The third-order valence-corrected chi connectivity index (χ3v) is 9.43. The molecule has 0 fully saturated rings. The number of hydrogen-bond donors (Lipinski definition) is 2. The summed E-state index contributed by atoms with van der Waals surface area (Å²) < 4.78 is 10.2. The van der Waals surface area contributed by atoms with Crippen LogP contribution in [-0.4, -0.2) is 49.9 Å². The maximum atomic E-state index is 13.3. The Bertz CT molecular complexity index is 2160. The lowest BCUT2D eigenvalue weighted by Crippen LogP contribution is -2.45. The summed E-state index contributed by atoms with van der Waals surface area (Å²) in [6.07, 6.45) is 0.365. The largest absolute Gasteiger partial charge is 0.446 e. The van der Waals surface area contributed by atoms with Crippen LogP contribution >= 0.6 is 0 Å². The average Bonchev–Trinajstić information content (AvgIpc) is 3.62. The Balaban J connectivity index is 1.20. The first-order valence-corrected chi connectivity index (χ1v) is 14.5. The lowest BCUT2D eigenvalue weighted by Gasteiger charge is -2.31. The van der Waals surface area contributed by atoms with Gasteiger partial charge in [-0.2, -0.15) is 0 Å². The van der Waals surface area contributed by atoms with Gasteiger partial charge in [-0.05, 0) is 35.2 Å². The zero-order valence-electron chi connectivity index (χ0n) is 22.9. The summed E-state index contributed by atoms with van der Waals surface area (Å²) in [6.45, 7) is 1.86. The molecule has 0 bridgehead atoms. The van der Waals surface area contributed by atoms with Crippen LogP contribution in [0.15, 0.2) is 72.8 Å². The maximum Gasteiger partial charge on any atom is 0.410 e. The van der Waals surface area contributed by atoms with E-state index in [9.17, 15) is 14.7 Å². The predicted molar refractivity (Wildman–Crippen MR) is 160 cm³/mol. The molecule has 208 valence electrons. The molecule has 1 unspecified atom stereocenters. The van der Waals surface area contributed by atoms with Gasteiger partial charge in [0.2, 0.25) is 0 Å². The lowest BCUT2D eigenvalue weighted by molar-refractivity contribution is -0.0489. The monoisotopic (exact) mass is 556 g/mol. The number of aliphatic hydroxyl groups is 1. The minimum atomic E-state index is -1.39. The van der Waals surface area contributed by atoms with Crippen molar-refractivity contribution in [1.82, 2.24) is 19.4 Å². The number of benzene rings is 4. The second-order valence-corrected chi connectivity index (χ2v) is 11.9. The molecule has 0 radical (unpaired) electrons. The van der Waals surface area contributed by atoms with Gasteiger partial charge < -0.3 is 29.2 Å². The highest BCUT2D eigenvalue weighted by Gasteiger charge is 2.40. The number of ether oxygens (including phenoxy) is 1. The molecule has 2 N–H and O–H groups in total. The Kier molecular flexibility index (Phi) is 4.75. The Hall–Kier alpha value is -4.82. The highest BCUT2D eigenvalue weighted by Crippen LogP contribution is 2.46. The normalized spacial score (nSPS) is 19.5. The topological polar surface area (TPSA) is 88.7 Å². The molecular formula is C34H28N4O4. The van der Waals surface area contributed by atoms with Crippen LogP contribution in [0.2, 0.25) is 0 Å². The second-order valence-electron chi connectivity index (χ2n) is 11.9. The number of carbonyl (C=O) groups excluding carboxylic acids is 2. The van der Waals surface area contributed by atoms with Gasteiger partial charge in [-0.1, -0.05) is 60.7 Å². The lowest BCUT2D eigenvalue weighted by atomic mass is 9.97. The second kappa shape index (κ2) is 8.36. The van der Waals surface area contributed by atoms with Crippen molar-refractivity contribution >= 4 is 55.6 Å². The van der Waals surface area contributed by atoms with Gasteiger partial charge in [0.1, 0.15) is 12.2 Å². The fourth-order valence-corrected chi connectivity index (χ4v) is 7.62. The highest BCUT2D eigenvalue weighted by atomic mass is 16.6. The molecule has 8 heteroatoms. The molecular weight excluding hydrogens is 528 g/mol. The number of nitrogens with zero attached hydrogens (tertiary/aromatic N) is 3. The van der Waals surface area contributed by atoms with Crippen LogP contribution in [0.3, 0.4) is 0 Å². The Morgan fingerprint density at radius 3 is 2.21 bits per heavy atom. The molecule has 1 atom stereocenters. The van der Waals surface area contributed by atoms with E-state index < -0.39 is 11.7 Å². The van der Waals surface area contributed by atoms with Crippen molar-refractivity contribution in [2.24, 2.45) is 0 Å². The van der Waals surface area contributed by atoms with E-state index in [1.54, 1.807) is 4.90 Å². The van der Waals surface area contributed by atoms with Gasteiger partial charge in [0.05, 0.1) is 29.7 Å². The molecule has 0 aliphatic carbocycles. The van der Waals surface area contributed by atoms with E-state index in [0.717, 1.165) is 66.7 Å². The van der Waals surface area contributed by atoms with E-state index in [4.69, 9.17) is 4.74 Å². The molecule has 0 spiro atoms. The molecule has 4 aromatic carbocycles. The molecule has 2 aromatic heterocycles. The minimum absolute atomic E-state index is 0.0665. The molecule has 9 rings (SSSR count). The van der Waals surface area contributed by atoms with Crippen LogP contribution in [0.25, 0.3) is 43.6 Å². The van der Waals surface area contributed by atoms with Gasteiger partial charge >= 0.3 is 6.09 Å². The van der Waals surface area contributed by atoms with E-state index in [2.05, 4.69) is 32.7 Å². The van der Waals surface area contributed by atoms with Crippen molar-refractivity contribution in [1.29, 1.82) is 0 Å². The first-order chi connectivity index (χ1) is 20.5. The zero-order valence-corrected chi connectivity index (χ0v) is 22.9. The minimum Gasteiger partial charge on any atom is -0.446 e. The third-order valence-electron chi connectivity index (χ3n) is 9.43. The molecule has 3 aliphatic rings. The summed E-state index contributed by atoms with van der Waals surface area (Å²) in [5, 5.41) is 19.4. The summed E-state index contributed by atoms with van der Waals surface area (Å²) in [4.78, 5) is 28.3. The first-order valence-electron chi connectivity index (χ1n) is 14.5. The molecule has 0 saturated heterocycles. The molecule has 3 aliphatic heterocycles. The number of amides is 2. The van der Waals surface area contributed by atoms with Crippen LogP contribution < -0.4 is 5.32 Å². The molecule has 6 aromatic rings. The van der Waals surface area contributed by atoms with E-state index in [0.29, 0.717) is 19.6 Å². The zero-order chi connectivity index (χ0) is 28.2. The molecule has 8 nitrogen and oxygen atoms in total. The fourth-order valence-electron chi connectivity index (χ4n) is 7.62. The molecule has 42 heavy (non-hydrogen) atoms. The smallest absolute Gasteiger partial charge is 0.410 e. The highest BCUT2D eigenvalue weighted by molar-refractivity contribution is 6.30. The van der Waals surface area contributed by atoms with Crippen molar-refractivity contribution in [2.45, 2.75) is 38.2 Å². The average molecular weight is 557 g/mol. The van der Waals surface area contributed by atoms with Crippen LogP contribution in [0.1, 0.15) is 27.0 Å². The molecule has 2 amide bonds. The van der Waals surface area contributed by atoms with Crippen molar-refractivity contribution in [3.63, 3.8) is 0 Å². The van der Waals surface area contributed by atoms with E-state index in [1.807, 2.05) is 54.6 Å². The molecule has 0 saturated carbocycles. The van der Waals surface area contributed by atoms with Crippen molar-refractivity contribution in [2.75, 3.05) is 13.2 Å². The van der Waals surface area contributed by atoms with Gasteiger partial charge in [-0.3, -0.25) is 4.79 Å². The maximum absolute atomic E-state index is 13.3. The first kappa shape index (κ1) is 23.8. The van der Waals surface area contributed by atoms with E-state index in [1.165, 1.54) is 5.56 Å². The van der Waals surface area contributed by atoms with Gasteiger partial charge in [-0.25, -0.2) is 4.79 Å². The van der Waals surface area contributed by atoms with Gasteiger partial charge in [0.15, 0.2) is 0 Å². The summed E-state index contributed by atoms with van der Waals surface area (Å²) in [5.74, 6) is -0.0665. The Labute approximate surface area is 240 Å². The van der Waals surface area contributed by atoms with Crippen molar-refractivity contribution in [3.05, 3.63) is 95.1 Å². The number of para-hydroxylation sites is 2. The van der Waals surface area contributed by atoms with Crippen LogP contribution in [0.4, 0.5) is 4.79 Å². The quantitative estimate of drug-likeness (QED) is 0.311. The van der Waals surface area contributed by atoms with Gasteiger partial charge in [-0.15, -0.1) is 0 Å². The Morgan fingerprint density at radius 2 is 1.48 bits per heavy atom. The number of carbonyl (C=O) groups is 2. The number of nitrogens with one attached hydrogen (secondary N) is 1. The summed E-state index contributed by atoms with van der Waals surface area (Å²) in [5.41, 5.74) is 6.59. The van der Waals surface area contributed by atoms with Crippen LogP contribution in [0, 0.1) is 0 Å². The van der Waals surface area contributed by atoms with Gasteiger partial charge in [0.25, 0.3) is 5.91 Å². The fraction of sp³-hybridized carbons (Fsp3) is 0.235. The molecule has 5 heterocycles. The Morgan fingerprint density at radius 1 is 0.857 bits per heavy atom. The summed E-state index contributed by atoms with van der Waals surface area (Å²) in [7, 11) is 0. The number of hydrogen-bond acceptors (Lipinski definition) is 4.